The second-order valence-electron chi connectivity index (χ2n) is 5.74. The number of rotatable bonds is 3. The number of aromatic nitrogens is 1. The third-order valence-electron chi connectivity index (χ3n) is 4.12. The molecule has 0 spiro atoms. The first-order chi connectivity index (χ1) is 10.6. The number of furan rings is 1. The molecule has 5 nitrogen and oxygen atoms in total. The molecule has 1 aliphatic heterocycles. The number of hydrogen-bond acceptors (Lipinski definition) is 5. The largest absolute Gasteiger partial charge is 0.459 e. The molecule has 0 aromatic carbocycles. The molecule has 3 rings (SSSR count). The van der Waals surface area contributed by atoms with Crippen molar-refractivity contribution in [1.29, 1.82) is 0 Å². The number of piperidine rings is 1. The van der Waals surface area contributed by atoms with Crippen LogP contribution in [0.5, 0.6) is 0 Å². The molecular weight excluding hydrogens is 298 g/mol. The van der Waals surface area contributed by atoms with Crippen LogP contribution in [-0.4, -0.2) is 42.0 Å². The van der Waals surface area contributed by atoms with Gasteiger partial charge in [-0.2, -0.15) is 0 Å². The zero-order chi connectivity index (χ0) is 15.7. The van der Waals surface area contributed by atoms with Crippen LogP contribution in [0.15, 0.2) is 16.5 Å². The van der Waals surface area contributed by atoms with Gasteiger partial charge < -0.3 is 14.6 Å². The van der Waals surface area contributed by atoms with Gasteiger partial charge in [0.25, 0.3) is 5.91 Å². The average Bonchev–Trinajstić information content (AvgIpc) is 3.12. The number of thiazole rings is 1. The molecule has 22 heavy (non-hydrogen) atoms. The zero-order valence-corrected chi connectivity index (χ0v) is 14.0. The van der Waals surface area contributed by atoms with Crippen molar-refractivity contribution < 1.29 is 9.21 Å². The van der Waals surface area contributed by atoms with E-state index in [0.29, 0.717) is 10.9 Å². The van der Waals surface area contributed by atoms with Crippen LogP contribution in [0, 0.1) is 13.8 Å². The fourth-order valence-electron chi connectivity index (χ4n) is 2.77. The van der Waals surface area contributed by atoms with Crippen LogP contribution in [0.25, 0.3) is 10.8 Å². The quantitative estimate of drug-likeness (QED) is 0.945. The molecule has 1 N–H and O–H groups in total. The lowest BCUT2D eigenvalue weighted by atomic mass is 10.1. The minimum absolute atomic E-state index is 0.0661. The van der Waals surface area contributed by atoms with Gasteiger partial charge in [-0.05, 0) is 51.9 Å². The number of amides is 1. The van der Waals surface area contributed by atoms with Crippen molar-refractivity contribution in [2.45, 2.75) is 32.7 Å². The van der Waals surface area contributed by atoms with Gasteiger partial charge >= 0.3 is 0 Å². The van der Waals surface area contributed by atoms with Gasteiger partial charge in [-0.3, -0.25) is 4.79 Å². The fourth-order valence-corrected chi connectivity index (χ4v) is 3.78. The topological polar surface area (TPSA) is 58.4 Å². The minimum atomic E-state index is 0.0661. The predicted molar refractivity (Wildman–Crippen MR) is 87.3 cm³/mol. The minimum Gasteiger partial charge on any atom is -0.459 e. The monoisotopic (exact) mass is 319 g/mol. The Bertz CT molecular complexity index is 671. The van der Waals surface area contributed by atoms with Crippen LogP contribution in [0.4, 0.5) is 0 Å². The Morgan fingerprint density at radius 3 is 2.73 bits per heavy atom. The van der Waals surface area contributed by atoms with Gasteiger partial charge in [-0.15, -0.1) is 11.3 Å². The summed E-state index contributed by atoms with van der Waals surface area (Å²) in [7, 11) is 1.90. The first-order valence-corrected chi connectivity index (χ1v) is 8.40. The molecular formula is C16H21N3O2S. The standard InChI is InChI=1S/C16H21N3O2S/c1-10-4-5-13(21-10)15-18-11(2)14(22-15)16(20)19(3)12-6-8-17-9-7-12/h4-5,12,17H,6-9H2,1-3H3. The van der Waals surface area contributed by atoms with Crippen LogP contribution in [0.3, 0.4) is 0 Å². The number of hydrogen-bond donors (Lipinski definition) is 1. The van der Waals surface area contributed by atoms with Crippen LogP contribution in [-0.2, 0) is 0 Å². The van der Waals surface area contributed by atoms with Gasteiger partial charge in [0.15, 0.2) is 10.8 Å². The van der Waals surface area contributed by atoms with Crippen LogP contribution in [0.2, 0.25) is 0 Å². The molecule has 0 atom stereocenters. The Labute approximate surface area is 134 Å². The van der Waals surface area contributed by atoms with Gasteiger partial charge in [0.2, 0.25) is 0 Å². The highest BCUT2D eigenvalue weighted by atomic mass is 32.1. The van der Waals surface area contributed by atoms with E-state index in [1.807, 2.05) is 37.9 Å². The molecule has 118 valence electrons. The molecule has 1 aliphatic rings. The number of carbonyl (C=O) groups is 1. The van der Waals surface area contributed by atoms with Crippen molar-refractivity contribution >= 4 is 17.2 Å². The van der Waals surface area contributed by atoms with E-state index in [9.17, 15) is 4.79 Å². The summed E-state index contributed by atoms with van der Waals surface area (Å²) in [5.41, 5.74) is 0.778. The SMILES string of the molecule is Cc1ccc(-c2nc(C)c(C(=O)N(C)C3CCNCC3)s2)o1. The molecule has 1 saturated heterocycles. The molecule has 0 unspecified atom stereocenters. The predicted octanol–water partition coefficient (Wildman–Crippen LogP) is 2.84. The summed E-state index contributed by atoms with van der Waals surface area (Å²) in [6.07, 6.45) is 2.01. The van der Waals surface area contributed by atoms with E-state index in [0.717, 1.165) is 48.2 Å². The van der Waals surface area contributed by atoms with E-state index in [1.54, 1.807) is 0 Å². The maximum atomic E-state index is 12.8. The van der Waals surface area contributed by atoms with Gasteiger partial charge in [-0.25, -0.2) is 4.98 Å². The maximum absolute atomic E-state index is 12.8. The highest BCUT2D eigenvalue weighted by molar-refractivity contribution is 7.17. The lowest BCUT2D eigenvalue weighted by Gasteiger charge is -2.31. The molecule has 2 aromatic rings. The Morgan fingerprint density at radius 1 is 1.36 bits per heavy atom. The smallest absolute Gasteiger partial charge is 0.265 e. The van der Waals surface area contributed by atoms with E-state index < -0.39 is 0 Å². The van der Waals surface area contributed by atoms with Crippen LogP contribution in [0.1, 0.15) is 34.0 Å². The van der Waals surface area contributed by atoms with Crippen molar-refractivity contribution in [1.82, 2.24) is 15.2 Å². The first-order valence-electron chi connectivity index (χ1n) is 7.58. The van der Waals surface area contributed by atoms with Crippen molar-refractivity contribution in [2.75, 3.05) is 20.1 Å². The van der Waals surface area contributed by atoms with E-state index in [2.05, 4.69) is 10.3 Å². The summed E-state index contributed by atoms with van der Waals surface area (Å²) in [6.45, 7) is 5.74. The van der Waals surface area contributed by atoms with Crippen molar-refractivity contribution in [3.05, 3.63) is 28.5 Å². The fraction of sp³-hybridized carbons (Fsp3) is 0.500. The molecule has 6 heteroatoms. The van der Waals surface area contributed by atoms with Crippen LogP contribution >= 0.6 is 11.3 Å². The summed E-state index contributed by atoms with van der Waals surface area (Å²) in [6, 6.07) is 4.12. The number of nitrogens with one attached hydrogen (secondary N) is 1. The first kappa shape index (κ1) is 15.2. The van der Waals surface area contributed by atoms with Crippen molar-refractivity contribution in [3.63, 3.8) is 0 Å². The van der Waals surface area contributed by atoms with Crippen LogP contribution < -0.4 is 5.32 Å². The zero-order valence-electron chi connectivity index (χ0n) is 13.2. The lowest BCUT2D eigenvalue weighted by molar-refractivity contribution is 0.0707. The summed E-state index contributed by atoms with van der Waals surface area (Å²) >= 11 is 1.41. The van der Waals surface area contributed by atoms with Crippen molar-refractivity contribution in [3.8, 4) is 10.8 Å². The molecule has 1 fully saturated rings. The van der Waals surface area contributed by atoms with E-state index in [-0.39, 0.29) is 5.91 Å². The second kappa shape index (κ2) is 6.22. The lowest BCUT2D eigenvalue weighted by Crippen LogP contribution is -2.43. The number of nitrogens with zero attached hydrogens (tertiary/aromatic N) is 2. The highest BCUT2D eigenvalue weighted by Crippen LogP contribution is 2.30. The van der Waals surface area contributed by atoms with Gasteiger partial charge in [0, 0.05) is 13.1 Å². The molecule has 0 radical (unpaired) electrons. The third kappa shape index (κ3) is 2.94. The Hall–Kier alpha value is -1.66. The molecule has 1 amide bonds. The van der Waals surface area contributed by atoms with Gasteiger partial charge in [-0.1, -0.05) is 0 Å². The third-order valence-corrected chi connectivity index (χ3v) is 5.28. The Kier molecular flexibility index (Phi) is 4.31. The second-order valence-corrected chi connectivity index (χ2v) is 6.74. The number of carbonyl (C=O) groups excluding carboxylic acids is 1. The van der Waals surface area contributed by atoms with Crippen molar-refractivity contribution in [2.24, 2.45) is 0 Å². The molecule has 0 bridgehead atoms. The summed E-state index contributed by atoms with van der Waals surface area (Å²) < 4.78 is 5.61. The highest BCUT2D eigenvalue weighted by Gasteiger charge is 2.26. The molecule has 0 aliphatic carbocycles. The normalized spacial score (nSPS) is 16.0. The Morgan fingerprint density at radius 2 is 2.09 bits per heavy atom. The molecule has 3 heterocycles. The van der Waals surface area contributed by atoms with E-state index in [1.165, 1.54) is 11.3 Å². The molecule has 0 saturated carbocycles. The van der Waals surface area contributed by atoms with Gasteiger partial charge in [0.1, 0.15) is 10.6 Å². The average molecular weight is 319 g/mol. The Balaban J connectivity index is 1.81. The maximum Gasteiger partial charge on any atom is 0.265 e. The molecule has 2 aromatic heterocycles. The summed E-state index contributed by atoms with van der Waals surface area (Å²) in [5.74, 6) is 1.65. The summed E-state index contributed by atoms with van der Waals surface area (Å²) in [5, 5.41) is 4.10. The van der Waals surface area contributed by atoms with Gasteiger partial charge in [0.05, 0.1) is 5.69 Å². The summed E-state index contributed by atoms with van der Waals surface area (Å²) in [4.78, 5) is 19.9. The van der Waals surface area contributed by atoms with E-state index >= 15 is 0 Å². The number of aryl methyl sites for hydroxylation is 2. The van der Waals surface area contributed by atoms with E-state index in [4.69, 9.17) is 4.42 Å².